The molecule has 0 fully saturated rings. The zero-order valence-electron chi connectivity index (χ0n) is 10.4. The molecule has 0 spiro atoms. The molecule has 2 rings (SSSR count). The molecule has 21 heavy (non-hydrogen) atoms. The quantitative estimate of drug-likeness (QED) is 0.509. The van der Waals surface area contributed by atoms with Gasteiger partial charge >= 0.3 is 11.6 Å². The Morgan fingerprint density at radius 3 is 2.43 bits per heavy atom. The molecule has 1 aromatic carbocycles. The van der Waals surface area contributed by atoms with E-state index in [4.69, 9.17) is 45.3 Å². The Hall–Kier alpha value is -1.83. The van der Waals surface area contributed by atoms with Gasteiger partial charge in [-0.15, -0.1) is 0 Å². The van der Waals surface area contributed by atoms with E-state index in [-0.39, 0.29) is 38.3 Å². The van der Waals surface area contributed by atoms with Crippen LogP contribution >= 0.6 is 34.8 Å². The maximum absolute atomic E-state index is 11.1. The van der Waals surface area contributed by atoms with Crippen LogP contribution in [0.25, 0.3) is 0 Å². The van der Waals surface area contributed by atoms with Crippen molar-refractivity contribution in [2.75, 3.05) is 5.73 Å². The number of ether oxygens (including phenoxy) is 1. The molecule has 2 aromatic rings. The highest BCUT2D eigenvalue weighted by Crippen LogP contribution is 2.38. The molecule has 2 N–H and O–H groups in total. The van der Waals surface area contributed by atoms with Crippen molar-refractivity contribution in [3.05, 3.63) is 43.0 Å². The van der Waals surface area contributed by atoms with Crippen LogP contribution in [0.2, 0.25) is 15.1 Å². The summed E-state index contributed by atoms with van der Waals surface area (Å²) in [6.07, 6.45) is 0. The van der Waals surface area contributed by atoms with Crippen LogP contribution in [0.4, 0.5) is 11.6 Å². The van der Waals surface area contributed by atoms with E-state index in [1.54, 1.807) is 0 Å². The predicted molar refractivity (Wildman–Crippen MR) is 79.4 cm³/mol. The molecule has 110 valence electrons. The Morgan fingerprint density at radius 2 is 1.81 bits per heavy atom. The minimum atomic E-state index is -0.671. The summed E-state index contributed by atoms with van der Waals surface area (Å²) >= 11 is 17.6. The lowest BCUT2D eigenvalue weighted by Crippen LogP contribution is -2.05. The van der Waals surface area contributed by atoms with Crippen LogP contribution in [-0.2, 0) is 0 Å². The first-order chi connectivity index (χ1) is 9.79. The van der Waals surface area contributed by atoms with Gasteiger partial charge < -0.3 is 10.5 Å². The third kappa shape index (κ3) is 3.26. The van der Waals surface area contributed by atoms with Crippen LogP contribution in [0.3, 0.4) is 0 Å². The van der Waals surface area contributed by atoms with Gasteiger partial charge in [-0.3, -0.25) is 10.1 Å². The van der Waals surface area contributed by atoms with Crippen LogP contribution < -0.4 is 10.5 Å². The van der Waals surface area contributed by atoms with Crippen molar-refractivity contribution in [2.45, 2.75) is 6.92 Å². The Morgan fingerprint density at radius 1 is 1.19 bits per heavy atom. The van der Waals surface area contributed by atoms with E-state index in [2.05, 4.69) is 9.97 Å². The zero-order valence-corrected chi connectivity index (χ0v) is 12.7. The minimum Gasteiger partial charge on any atom is -0.432 e. The van der Waals surface area contributed by atoms with Gasteiger partial charge in [0.05, 0.1) is 20.0 Å². The number of aromatic nitrogens is 2. The lowest BCUT2D eigenvalue weighted by molar-refractivity contribution is -0.386. The molecule has 10 heteroatoms. The van der Waals surface area contributed by atoms with Gasteiger partial charge in [-0.05, 0) is 13.0 Å². The fourth-order valence-corrected chi connectivity index (χ4v) is 2.10. The van der Waals surface area contributed by atoms with E-state index in [1.807, 2.05) is 0 Å². The summed E-state index contributed by atoms with van der Waals surface area (Å²) in [5.41, 5.74) is 5.13. The van der Waals surface area contributed by atoms with Crippen LogP contribution in [-0.4, -0.2) is 14.9 Å². The van der Waals surface area contributed by atoms with Gasteiger partial charge in [-0.2, -0.15) is 4.98 Å². The number of hydrogen-bond donors (Lipinski definition) is 1. The minimum absolute atomic E-state index is 0.0617. The van der Waals surface area contributed by atoms with E-state index in [9.17, 15) is 10.1 Å². The Kier molecular flexibility index (Phi) is 4.36. The highest BCUT2D eigenvalue weighted by Gasteiger charge is 2.24. The molecule has 0 radical (unpaired) electrons. The highest BCUT2D eigenvalue weighted by atomic mass is 35.5. The number of hydrogen-bond acceptors (Lipinski definition) is 6. The van der Waals surface area contributed by atoms with Crippen LogP contribution in [0.5, 0.6) is 11.6 Å². The third-order valence-corrected chi connectivity index (χ3v) is 3.43. The summed E-state index contributed by atoms with van der Waals surface area (Å²) in [6, 6.07) is 2.67. The first kappa shape index (κ1) is 15.6. The summed E-state index contributed by atoms with van der Waals surface area (Å²) < 4.78 is 5.35. The number of aryl methyl sites for hydroxylation is 1. The molecule has 0 amide bonds. The average molecular weight is 350 g/mol. The number of nitro groups is 1. The molecular weight excluding hydrogens is 343 g/mol. The van der Waals surface area contributed by atoms with Crippen molar-refractivity contribution in [3.8, 4) is 11.6 Å². The van der Waals surface area contributed by atoms with E-state index >= 15 is 0 Å². The number of anilines is 1. The highest BCUT2D eigenvalue weighted by molar-refractivity contribution is 6.43. The van der Waals surface area contributed by atoms with Gasteiger partial charge in [-0.25, -0.2) is 4.98 Å². The smallest absolute Gasteiger partial charge is 0.352 e. The number of nitrogens with two attached hydrogens (primary N) is 1. The van der Waals surface area contributed by atoms with E-state index < -0.39 is 10.6 Å². The number of halogens is 3. The van der Waals surface area contributed by atoms with E-state index in [0.29, 0.717) is 0 Å². The maximum Gasteiger partial charge on any atom is 0.352 e. The van der Waals surface area contributed by atoms with E-state index in [0.717, 1.165) is 0 Å². The summed E-state index contributed by atoms with van der Waals surface area (Å²) in [4.78, 5) is 17.8. The maximum atomic E-state index is 11.1. The number of rotatable bonds is 3. The Balaban J connectivity index is 2.54. The SMILES string of the molecule is Cc1nc(N)nc(Oc2cc(Cl)c(Cl)cc2Cl)c1[N+](=O)[O-]. The number of benzene rings is 1. The Bertz CT molecular complexity index is 739. The largest absolute Gasteiger partial charge is 0.432 e. The molecule has 1 aromatic heterocycles. The normalized spacial score (nSPS) is 10.5. The fourth-order valence-electron chi connectivity index (χ4n) is 1.53. The van der Waals surface area contributed by atoms with Gasteiger partial charge in [0.15, 0.2) is 0 Å². The van der Waals surface area contributed by atoms with Gasteiger partial charge in [0, 0.05) is 6.07 Å². The molecule has 0 atom stereocenters. The van der Waals surface area contributed by atoms with Crippen molar-refractivity contribution in [3.63, 3.8) is 0 Å². The van der Waals surface area contributed by atoms with Crippen molar-refractivity contribution >= 4 is 46.4 Å². The van der Waals surface area contributed by atoms with Crippen molar-refractivity contribution < 1.29 is 9.66 Å². The lowest BCUT2D eigenvalue weighted by atomic mass is 10.3. The summed E-state index contributed by atoms with van der Waals surface area (Å²) in [6.45, 7) is 1.42. The molecule has 0 aliphatic heterocycles. The predicted octanol–water partition coefficient (Wildman–Crippen LogP) is 4.03. The van der Waals surface area contributed by atoms with E-state index in [1.165, 1.54) is 19.1 Å². The van der Waals surface area contributed by atoms with Crippen LogP contribution in [0, 0.1) is 17.0 Å². The second kappa shape index (κ2) is 5.88. The molecule has 0 saturated heterocycles. The first-order valence-corrected chi connectivity index (χ1v) is 6.54. The first-order valence-electron chi connectivity index (χ1n) is 5.40. The second-order valence-electron chi connectivity index (χ2n) is 3.88. The second-order valence-corrected chi connectivity index (χ2v) is 5.10. The molecule has 0 bridgehead atoms. The molecule has 0 aliphatic rings. The third-order valence-electron chi connectivity index (χ3n) is 2.41. The molecule has 0 saturated carbocycles. The number of nitrogen functional groups attached to an aromatic ring is 1. The molecule has 0 aliphatic carbocycles. The topological polar surface area (TPSA) is 104 Å². The fraction of sp³-hybridized carbons (Fsp3) is 0.0909. The zero-order chi connectivity index (χ0) is 15.7. The Labute approximate surface area is 133 Å². The van der Waals surface area contributed by atoms with Crippen LogP contribution in [0.15, 0.2) is 12.1 Å². The molecule has 0 unspecified atom stereocenters. The van der Waals surface area contributed by atoms with Gasteiger partial charge in [0.2, 0.25) is 5.95 Å². The van der Waals surface area contributed by atoms with Gasteiger partial charge in [0.25, 0.3) is 0 Å². The van der Waals surface area contributed by atoms with Gasteiger partial charge in [0.1, 0.15) is 11.4 Å². The summed E-state index contributed by atoms with van der Waals surface area (Å²) in [5, 5.41) is 11.6. The summed E-state index contributed by atoms with van der Waals surface area (Å²) in [5.74, 6) is -0.429. The molecule has 7 nitrogen and oxygen atoms in total. The summed E-state index contributed by atoms with van der Waals surface area (Å²) in [7, 11) is 0. The monoisotopic (exact) mass is 348 g/mol. The average Bonchev–Trinajstić information content (AvgIpc) is 2.34. The lowest BCUT2D eigenvalue weighted by Gasteiger charge is -2.09. The molecule has 1 heterocycles. The van der Waals surface area contributed by atoms with Crippen molar-refractivity contribution in [1.82, 2.24) is 9.97 Å². The molecular formula is C11H7Cl3N4O3. The van der Waals surface area contributed by atoms with Crippen molar-refractivity contribution in [2.24, 2.45) is 0 Å². The van der Waals surface area contributed by atoms with Gasteiger partial charge in [-0.1, -0.05) is 34.8 Å². The standard InChI is InChI=1S/C11H7Cl3N4O3/c1-4-9(18(19)20)10(17-11(15)16-4)21-8-3-6(13)5(12)2-7(8)14/h2-3H,1H3,(H2,15,16,17). The number of nitrogens with zero attached hydrogens (tertiary/aromatic N) is 3. The van der Waals surface area contributed by atoms with Crippen LogP contribution in [0.1, 0.15) is 5.69 Å². The van der Waals surface area contributed by atoms with Crippen molar-refractivity contribution in [1.29, 1.82) is 0 Å².